The van der Waals surface area contributed by atoms with E-state index < -0.39 is 15.0 Å². The summed E-state index contributed by atoms with van der Waals surface area (Å²) in [6.45, 7) is 0. The van der Waals surface area contributed by atoms with Crippen LogP contribution in [-0.2, 0) is 10.1 Å². The highest BCUT2D eigenvalue weighted by molar-refractivity contribution is 7.85. The van der Waals surface area contributed by atoms with Gasteiger partial charge in [-0.15, -0.1) is 0 Å². The molecule has 0 bridgehead atoms. The van der Waals surface area contributed by atoms with Gasteiger partial charge in [0, 0.05) is 0 Å². The van der Waals surface area contributed by atoms with Gasteiger partial charge in [-0.05, 0) is 12.1 Å². The summed E-state index contributed by atoms with van der Waals surface area (Å²) in [5.74, 6) is 0.0816. The minimum Gasteiger partial charge on any atom is -0.744 e. The topological polar surface area (TPSA) is 72.7 Å². The maximum Gasteiger partial charge on any atom is 0.450 e. The molecule has 0 heterocycles. The van der Waals surface area contributed by atoms with E-state index in [4.69, 9.17) is 27.9 Å². The largest absolute Gasteiger partial charge is 0.744 e. The predicted octanol–water partition coefficient (Wildman–Crippen LogP) is 1.47. The predicted molar refractivity (Wildman–Crippen MR) is 75.9 cm³/mol. The molecule has 1 aromatic carbocycles. The Morgan fingerprint density at radius 1 is 1.25 bits per heavy atom. The number of hydrogen-bond acceptors (Lipinski definition) is 4. The lowest BCUT2D eigenvalue weighted by Gasteiger charge is -2.15. The van der Waals surface area contributed by atoms with Gasteiger partial charge in [0.25, 0.3) is 0 Å². The molecule has 0 aliphatic heterocycles. The second-order valence-electron chi connectivity index (χ2n) is 4.34. The molecule has 0 fully saturated rings. The van der Waals surface area contributed by atoms with Gasteiger partial charge in [0.2, 0.25) is 0 Å². The third-order valence-corrected chi connectivity index (χ3v) is 3.59. The van der Waals surface area contributed by atoms with E-state index >= 15 is 0 Å². The van der Waals surface area contributed by atoms with E-state index in [-0.39, 0.29) is 15.8 Å². The molecular weight excluding hydrogens is 327 g/mol. The quantitative estimate of drug-likeness (QED) is 0.352. The Hall–Kier alpha value is -1.02. The Kier molecular flexibility index (Phi) is 5.26. The summed E-state index contributed by atoms with van der Waals surface area (Å²) in [4.78, 5) is 1.18. The van der Waals surface area contributed by atoms with E-state index in [1.807, 2.05) is 0 Å². The highest BCUT2D eigenvalue weighted by Crippen LogP contribution is 2.35. The third kappa shape index (κ3) is 3.99. The normalized spacial score (nSPS) is 11.2. The van der Waals surface area contributed by atoms with Crippen LogP contribution >= 0.6 is 23.2 Å². The van der Waals surface area contributed by atoms with Crippen LogP contribution in [0.3, 0.4) is 0 Å². The molecule has 1 aromatic rings. The summed E-state index contributed by atoms with van der Waals surface area (Å²) in [6.07, 6.45) is 0. The molecule has 0 unspecified atom stereocenters. The van der Waals surface area contributed by atoms with E-state index in [1.54, 1.807) is 37.7 Å². The van der Waals surface area contributed by atoms with Crippen molar-refractivity contribution in [3.8, 4) is 5.75 Å². The fourth-order valence-corrected chi connectivity index (χ4v) is 2.67. The third-order valence-electron chi connectivity index (χ3n) is 2.22. The average Bonchev–Trinajstić information content (AvgIpc) is 2.25. The number of benzene rings is 1. The second kappa shape index (κ2) is 6.17. The lowest BCUT2D eigenvalue weighted by Crippen LogP contribution is -2.34. The molecule has 0 aliphatic rings. The first-order chi connectivity index (χ1) is 9.04. The standard InChI is InChI=1S/C11H14Cl2N2O4S/c1-14(2)11(15(3)4)19-10-8(12)5-7(6-9(10)13)20(16,17)18/h5-6H,1-4H3. The molecule has 6 nitrogen and oxygen atoms in total. The van der Waals surface area contributed by atoms with Gasteiger partial charge in [0.05, 0.1) is 43.1 Å². The molecule has 0 atom stereocenters. The number of rotatable bonds is 2. The van der Waals surface area contributed by atoms with Crippen molar-refractivity contribution in [2.45, 2.75) is 4.90 Å². The molecule has 0 saturated heterocycles. The van der Waals surface area contributed by atoms with Crippen LogP contribution < -0.4 is 4.74 Å². The van der Waals surface area contributed by atoms with Crippen LogP contribution in [0.25, 0.3) is 0 Å². The summed E-state index contributed by atoms with van der Waals surface area (Å²) in [5, 5.41) is -0.124. The maximum atomic E-state index is 11.0. The summed E-state index contributed by atoms with van der Waals surface area (Å²) in [6, 6.07) is 2.45. The Bertz CT molecular complexity index is 629. The smallest absolute Gasteiger partial charge is 0.450 e. The van der Waals surface area contributed by atoms with Crippen LogP contribution in [0.15, 0.2) is 17.0 Å². The zero-order valence-electron chi connectivity index (χ0n) is 11.3. The van der Waals surface area contributed by atoms with Crippen molar-refractivity contribution >= 4 is 39.3 Å². The number of nitrogens with zero attached hydrogens (tertiary/aromatic N) is 2. The number of hydrogen-bond donors (Lipinski definition) is 0. The van der Waals surface area contributed by atoms with E-state index in [1.165, 1.54) is 0 Å². The van der Waals surface area contributed by atoms with Crippen molar-refractivity contribution in [1.29, 1.82) is 0 Å². The van der Waals surface area contributed by atoms with Crippen molar-refractivity contribution < 1.29 is 22.3 Å². The fourth-order valence-electron chi connectivity index (χ4n) is 1.45. The Labute approximate surface area is 127 Å². The molecule has 0 radical (unpaired) electrons. The number of halogens is 2. The van der Waals surface area contributed by atoms with Crippen LogP contribution in [-0.4, -0.2) is 56.7 Å². The average molecular weight is 341 g/mol. The first-order valence-electron chi connectivity index (χ1n) is 5.38. The van der Waals surface area contributed by atoms with Gasteiger partial charge < -0.3 is 9.29 Å². The van der Waals surface area contributed by atoms with Gasteiger partial charge in [-0.1, -0.05) is 23.2 Å². The van der Waals surface area contributed by atoms with Crippen LogP contribution in [0.4, 0.5) is 0 Å². The molecule has 0 N–H and O–H groups in total. The summed E-state index contributed by atoms with van der Waals surface area (Å²) in [5.41, 5.74) is 0. The van der Waals surface area contributed by atoms with Gasteiger partial charge in [-0.25, -0.2) is 17.9 Å². The molecule has 20 heavy (non-hydrogen) atoms. The highest BCUT2D eigenvalue weighted by Gasteiger charge is 2.20. The first kappa shape index (κ1) is 17.0. The minimum atomic E-state index is -4.63. The SMILES string of the molecule is CN(C)C(Oc1c(Cl)cc(S(=O)(=O)[O-])cc1Cl)=[N+](C)C. The first-order valence-corrected chi connectivity index (χ1v) is 7.55. The lowest BCUT2D eigenvalue weighted by molar-refractivity contribution is -0.478. The van der Waals surface area contributed by atoms with E-state index in [9.17, 15) is 13.0 Å². The Morgan fingerprint density at radius 3 is 2.00 bits per heavy atom. The van der Waals surface area contributed by atoms with E-state index in [0.29, 0.717) is 6.02 Å². The summed E-state index contributed by atoms with van der Waals surface area (Å²) in [7, 11) is 2.40. The molecule has 9 heteroatoms. The highest BCUT2D eigenvalue weighted by atomic mass is 35.5. The maximum absolute atomic E-state index is 11.0. The van der Waals surface area contributed by atoms with Crippen LogP contribution in [0.1, 0.15) is 0 Å². The number of amidine groups is 1. The van der Waals surface area contributed by atoms with E-state index in [0.717, 1.165) is 12.1 Å². The molecular formula is C11H14Cl2N2O4S. The monoisotopic (exact) mass is 340 g/mol. The minimum absolute atomic E-state index is 0.0619. The molecule has 0 aliphatic carbocycles. The van der Waals surface area contributed by atoms with Crippen LogP contribution in [0.5, 0.6) is 5.75 Å². The van der Waals surface area contributed by atoms with Crippen molar-refractivity contribution in [2.75, 3.05) is 28.2 Å². The fraction of sp³-hybridized carbons (Fsp3) is 0.364. The molecule has 112 valence electrons. The summed E-state index contributed by atoms with van der Waals surface area (Å²) >= 11 is 11.9. The van der Waals surface area contributed by atoms with Crippen molar-refractivity contribution in [1.82, 2.24) is 4.90 Å². The lowest BCUT2D eigenvalue weighted by atomic mass is 10.3. The molecule has 0 aromatic heterocycles. The molecule has 0 amide bonds. The number of ether oxygens (including phenoxy) is 1. The molecule has 1 rings (SSSR count). The van der Waals surface area contributed by atoms with Gasteiger partial charge in [0.1, 0.15) is 10.1 Å². The van der Waals surface area contributed by atoms with Gasteiger partial charge >= 0.3 is 6.02 Å². The van der Waals surface area contributed by atoms with Gasteiger partial charge in [0.15, 0.2) is 5.75 Å². The molecule has 0 saturated carbocycles. The van der Waals surface area contributed by atoms with Crippen molar-refractivity contribution in [3.05, 3.63) is 22.2 Å². The summed E-state index contributed by atoms with van der Waals surface area (Å²) < 4.78 is 40.1. The zero-order chi connectivity index (χ0) is 15.7. The van der Waals surface area contributed by atoms with E-state index in [2.05, 4.69) is 0 Å². The van der Waals surface area contributed by atoms with Crippen LogP contribution in [0.2, 0.25) is 10.0 Å². The van der Waals surface area contributed by atoms with Crippen LogP contribution in [0, 0.1) is 0 Å². The zero-order valence-corrected chi connectivity index (χ0v) is 13.7. The molecule has 0 spiro atoms. The van der Waals surface area contributed by atoms with Crippen molar-refractivity contribution in [2.24, 2.45) is 0 Å². The Balaban J connectivity index is 3.33. The second-order valence-corrected chi connectivity index (χ2v) is 6.54. The van der Waals surface area contributed by atoms with Gasteiger partial charge in [-0.2, -0.15) is 0 Å². The van der Waals surface area contributed by atoms with Crippen molar-refractivity contribution in [3.63, 3.8) is 0 Å². The Morgan fingerprint density at radius 2 is 1.70 bits per heavy atom. The van der Waals surface area contributed by atoms with Gasteiger partial charge in [-0.3, -0.25) is 0 Å².